The van der Waals surface area contributed by atoms with Crippen LogP contribution in [0.5, 0.6) is 0 Å². The second kappa shape index (κ2) is 9.45. The van der Waals surface area contributed by atoms with Gasteiger partial charge in [-0.25, -0.2) is 9.97 Å². The number of carbonyl (C=O) groups is 2. The Morgan fingerprint density at radius 2 is 2.14 bits per heavy atom. The molecule has 1 aliphatic heterocycles. The van der Waals surface area contributed by atoms with Crippen molar-refractivity contribution in [2.24, 2.45) is 0 Å². The van der Waals surface area contributed by atoms with Crippen LogP contribution in [0.25, 0.3) is 0 Å². The summed E-state index contributed by atoms with van der Waals surface area (Å²) in [4.78, 5) is 35.6. The van der Waals surface area contributed by atoms with Crippen molar-refractivity contribution in [2.75, 3.05) is 25.0 Å². The zero-order valence-corrected chi connectivity index (χ0v) is 16.9. The van der Waals surface area contributed by atoms with Gasteiger partial charge in [0.15, 0.2) is 5.13 Å². The van der Waals surface area contributed by atoms with Gasteiger partial charge in [0, 0.05) is 36.8 Å². The standard InChI is InChI=1S/C20H24N4O3S/c1-3-27-18(25)7-4-15-8-10-24(11-9-15)19(26)16-5-6-17(21-13-16)23-20-22-12-14(2)28-20/h5-6,8,12-13H,3-4,7,9-11H2,1-2H3,(H,21,22,23). The zero-order valence-electron chi connectivity index (χ0n) is 16.1. The van der Waals surface area contributed by atoms with Gasteiger partial charge in [-0.3, -0.25) is 9.59 Å². The van der Waals surface area contributed by atoms with Gasteiger partial charge in [-0.2, -0.15) is 0 Å². The van der Waals surface area contributed by atoms with Crippen molar-refractivity contribution >= 4 is 34.2 Å². The van der Waals surface area contributed by atoms with Crippen molar-refractivity contribution in [1.82, 2.24) is 14.9 Å². The quantitative estimate of drug-likeness (QED) is 0.563. The van der Waals surface area contributed by atoms with Gasteiger partial charge in [0.05, 0.1) is 12.2 Å². The Hall–Kier alpha value is -2.74. The van der Waals surface area contributed by atoms with Crippen LogP contribution in [0.3, 0.4) is 0 Å². The van der Waals surface area contributed by atoms with Gasteiger partial charge in [-0.1, -0.05) is 11.6 Å². The van der Waals surface area contributed by atoms with Gasteiger partial charge in [0.1, 0.15) is 5.82 Å². The highest BCUT2D eigenvalue weighted by Crippen LogP contribution is 2.21. The summed E-state index contributed by atoms with van der Waals surface area (Å²) in [6.07, 6.45) is 7.29. The number of rotatable bonds is 7. The molecule has 0 radical (unpaired) electrons. The molecule has 0 fully saturated rings. The fraction of sp³-hybridized carbons (Fsp3) is 0.400. The smallest absolute Gasteiger partial charge is 0.306 e. The molecule has 0 unspecified atom stereocenters. The Balaban J connectivity index is 1.52. The number of thiazole rings is 1. The molecule has 8 heteroatoms. The number of hydrogen-bond acceptors (Lipinski definition) is 7. The number of hydrogen-bond donors (Lipinski definition) is 1. The van der Waals surface area contributed by atoms with Crippen LogP contribution >= 0.6 is 11.3 Å². The molecule has 7 nitrogen and oxygen atoms in total. The summed E-state index contributed by atoms with van der Waals surface area (Å²) in [6, 6.07) is 3.56. The van der Waals surface area contributed by atoms with Gasteiger partial charge in [-0.15, -0.1) is 11.3 Å². The fourth-order valence-electron chi connectivity index (χ4n) is 2.92. The number of aromatic nitrogens is 2. The van der Waals surface area contributed by atoms with Crippen LogP contribution in [-0.2, 0) is 9.53 Å². The summed E-state index contributed by atoms with van der Waals surface area (Å²) >= 11 is 1.55. The summed E-state index contributed by atoms with van der Waals surface area (Å²) in [5.74, 6) is 0.449. The van der Waals surface area contributed by atoms with Crippen LogP contribution in [0.2, 0.25) is 0 Å². The highest BCUT2D eigenvalue weighted by Gasteiger charge is 2.19. The lowest BCUT2D eigenvalue weighted by molar-refractivity contribution is -0.143. The van der Waals surface area contributed by atoms with E-state index in [1.165, 1.54) is 5.57 Å². The second-order valence-corrected chi connectivity index (χ2v) is 7.74. The first-order chi connectivity index (χ1) is 13.5. The Morgan fingerprint density at radius 1 is 1.29 bits per heavy atom. The number of carbonyl (C=O) groups excluding carboxylic acids is 2. The molecule has 0 aromatic carbocycles. The third-order valence-corrected chi connectivity index (χ3v) is 5.24. The maximum Gasteiger partial charge on any atom is 0.306 e. The van der Waals surface area contributed by atoms with E-state index < -0.39 is 0 Å². The minimum Gasteiger partial charge on any atom is -0.466 e. The maximum absolute atomic E-state index is 12.7. The number of esters is 1. The third kappa shape index (κ3) is 5.39. The number of anilines is 2. The van der Waals surface area contributed by atoms with Crippen molar-refractivity contribution in [3.8, 4) is 0 Å². The predicted molar refractivity (Wildman–Crippen MR) is 109 cm³/mol. The molecular formula is C20H24N4O3S. The summed E-state index contributed by atoms with van der Waals surface area (Å²) in [5.41, 5.74) is 1.76. The van der Waals surface area contributed by atoms with E-state index in [2.05, 4.69) is 15.3 Å². The molecule has 0 saturated heterocycles. The zero-order chi connectivity index (χ0) is 19.9. The third-order valence-electron chi connectivity index (χ3n) is 4.41. The molecule has 0 bridgehead atoms. The van der Waals surface area contributed by atoms with E-state index in [-0.39, 0.29) is 11.9 Å². The molecule has 0 spiro atoms. The molecule has 2 aromatic heterocycles. The van der Waals surface area contributed by atoms with E-state index >= 15 is 0 Å². The van der Waals surface area contributed by atoms with E-state index in [4.69, 9.17) is 4.74 Å². The highest BCUT2D eigenvalue weighted by atomic mass is 32.1. The Kier molecular flexibility index (Phi) is 6.76. The molecule has 28 heavy (non-hydrogen) atoms. The fourth-order valence-corrected chi connectivity index (χ4v) is 3.59. The normalized spacial score (nSPS) is 13.8. The molecular weight excluding hydrogens is 376 g/mol. The lowest BCUT2D eigenvalue weighted by Gasteiger charge is -2.26. The first kappa shape index (κ1) is 20.0. The number of nitrogens with zero attached hydrogens (tertiary/aromatic N) is 3. The molecule has 0 aliphatic carbocycles. The van der Waals surface area contributed by atoms with E-state index in [1.807, 2.05) is 13.0 Å². The summed E-state index contributed by atoms with van der Waals surface area (Å²) in [5, 5.41) is 3.91. The molecule has 3 rings (SSSR count). The molecule has 3 heterocycles. The van der Waals surface area contributed by atoms with Crippen molar-refractivity contribution in [1.29, 1.82) is 0 Å². The number of ether oxygens (including phenoxy) is 1. The van der Waals surface area contributed by atoms with E-state index in [1.54, 1.807) is 47.7 Å². The van der Waals surface area contributed by atoms with Crippen LogP contribution in [0.4, 0.5) is 10.9 Å². The second-order valence-electron chi connectivity index (χ2n) is 6.50. The van der Waals surface area contributed by atoms with E-state index in [9.17, 15) is 9.59 Å². The number of pyridine rings is 1. The maximum atomic E-state index is 12.7. The molecule has 148 valence electrons. The van der Waals surface area contributed by atoms with Gasteiger partial charge in [0.25, 0.3) is 5.91 Å². The van der Waals surface area contributed by atoms with E-state index in [0.29, 0.717) is 43.9 Å². The molecule has 0 saturated carbocycles. The van der Waals surface area contributed by atoms with Gasteiger partial charge in [-0.05, 0) is 38.8 Å². The summed E-state index contributed by atoms with van der Waals surface area (Å²) in [7, 11) is 0. The first-order valence-corrected chi connectivity index (χ1v) is 10.1. The van der Waals surface area contributed by atoms with Crippen molar-refractivity contribution in [3.63, 3.8) is 0 Å². The summed E-state index contributed by atoms with van der Waals surface area (Å²) < 4.78 is 4.95. The molecule has 1 amide bonds. The molecule has 1 aliphatic rings. The predicted octanol–water partition coefficient (Wildman–Crippen LogP) is 3.71. The van der Waals surface area contributed by atoms with Crippen molar-refractivity contribution in [3.05, 3.63) is 46.6 Å². The topological polar surface area (TPSA) is 84.4 Å². The molecule has 2 aromatic rings. The van der Waals surface area contributed by atoms with Crippen LogP contribution in [0, 0.1) is 6.92 Å². The average Bonchev–Trinajstić information content (AvgIpc) is 3.12. The molecule has 0 atom stereocenters. The highest BCUT2D eigenvalue weighted by molar-refractivity contribution is 7.15. The van der Waals surface area contributed by atoms with Gasteiger partial charge >= 0.3 is 5.97 Å². The lowest BCUT2D eigenvalue weighted by atomic mass is 10.0. The van der Waals surface area contributed by atoms with Crippen LogP contribution in [0.15, 0.2) is 36.2 Å². The number of nitrogens with one attached hydrogen (secondary N) is 1. The first-order valence-electron chi connectivity index (χ1n) is 9.33. The molecule has 1 N–H and O–H groups in total. The largest absolute Gasteiger partial charge is 0.466 e. The van der Waals surface area contributed by atoms with Crippen molar-refractivity contribution in [2.45, 2.75) is 33.1 Å². The number of amides is 1. The monoisotopic (exact) mass is 400 g/mol. The Bertz CT molecular complexity index is 861. The summed E-state index contributed by atoms with van der Waals surface area (Å²) in [6.45, 7) is 5.40. The minimum absolute atomic E-state index is 0.0372. The number of aryl methyl sites for hydroxylation is 1. The van der Waals surface area contributed by atoms with Crippen LogP contribution in [0.1, 0.15) is 41.4 Å². The van der Waals surface area contributed by atoms with Crippen LogP contribution < -0.4 is 5.32 Å². The van der Waals surface area contributed by atoms with Gasteiger partial charge < -0.3 is 15.0 Å². The Morgan fingerprint density at radius 3 is 2.75 bits per heavy atom. The van der Waals surface area contributed by atoms with E-state index in [0.717, 1.165) is 16.4 Å². The SMILES string of the molecule is CCOC(=O)CCC1=CCN(C(=O)c2ccc(Nc3ncc(C)s3)nc2)CC1. The van der Waals surface area contributed by atoms with Crippen molar-refractivity contribution < 1.29 is 14.3 Å². The van der Waals surface area contributed by atoms with Gasteiger partial charge in [0.2, 0.25) is 0 Å². The average molecular weight is 401 g/mol. The lowest BCUT2D eigenvalue weighted by Crippen LogP contribution is -2.35. The van der Waals surface area contributed by atoms with Crippen LogP contribution in [-0.4, -0.2) is 46.4 Å². The minimum atomic E-state index is -0.172. The Labute approximate surface area is 168 Å².